The fraction of sp³-hybridized carbons (Fsp3) is 0.150. The molecule has 0 aromatic heterocycles. The average Bonchev–Trinajstić information content (AvgIpc) is 2.62. The highest BCUT2D eigenvalue weighted by molar-refractivity contribution is 6.12. The highest BCUT2D eigenvalue weighted by Gasteiger charge is 2.11. The van der Waals surface area contributed by atoms with Crippen LogP contribution in [0.15, 0.2) is 60.7 Å². The summed E-state index contributed by atoms with van der Waals surface area (Å²) >= 11 is 0. The minimum absolute atomic E-state index is 0.146. The molecule has 0 aliphatic heterocycles. The molecule has 0 saturated carbocycles. The number of carbonyl (C=O) groups excluding carboxylic acids is 1. The lowest BCUT2D eigenvalue weighted by molar-refractivity contribution is 0.102. The van der Waals surface area contributed by atoms with Crippen molar-refractivity contribution in [2.45, 2.75) is 13.5 Å². The molecule has 0 atom stereocenters. The van der Waals surface area contributed by atoms with Crippen LogP contribution < -0.4 is 10.1 Å². The van der Waals surface area contributed by atoms with Gasteiger partial charge in [-0.2, -0.15) is 0 Å². The number of aliphatic hydroxyl groups excluding tert-OH is 1. The molecule has 1 amide bonds. The molecular formula is C20H19NO3. The highest BCUT2D eigenvalue weighted by Crippen LogP contribution is 2.24. The SMILES string of the molecule is CCOc1ccc(NC(=O)c2cccc3ccccc23)cc1CO. The maximum Gasteiger partial charge on any atom is 0.256 e. The minimum Gasteiger partial charge on any atom is -0.494 e. The molecule has 0 aliphatic rings. The molecule has 0 bridgehead atoms. The van der Waals surface area contributed by atoms with E-state index >= 15 is 0 Å². The first-order valence-electron chi connectivity index (χ1n) is 7.88. The summed E-state index contributed by atoms with van der Waals surface area (Å²) in [6.07, 6.45) is 0. The molecule has 0 spiro atoms. The van der Waals surface area contributed by atoms with Crippen LogP contribution in [0.3, 0.4) is 0 Å². The molecule has 3 aromatic rings. The van der Waals surface area contributed by atoms with Gasteiger partial charge in [0.15, 0.2) is 0 Å². The van der Waals surface area contributed by atoms with Crippen LogP contribution in [-0.2, 0) is 6.61 Å². The topological polar surface area (TPSA) is 58.6 Å². The molecule has 0 radical (unpaired) electrons. The van der Waals surface area contributed by atoms with E-state index in [2.05, 4.69) is 5.32 Å². The molecule has 0 aliphatic carbocycles. The first-order chi connectivity index (χ1) is 11.7. The van der Waals surface area contributed by atoms with Crippen molar-refractivity contribution in [2.24, 2.45) is 0 Å². The van der Waals surface area contributed by atoms with Gasteiger partial charge in [-0.15, -0.1) is 0 Å². The number of nitrogens with one attached hydrogen (secondary N) is 1. The summed E-state index contributed by atoms with van der Waals surface area (Å²) in [5, 5.41) is 14.3. The van der Waals surface area contributed by atoms with Gasteiger partial charge in [0.1, 0.15) is 5.75 Å². The number of amides is 1. The van der Waals surface area contributed by atoms with Crippen LogP contribution >= 0.6 is 0 Å². The zero-order chi connectivity index (χ0) is 16.9. The molecule has 0 saturated heterocycles. The Bertz CT molecular complexity index is 868. The maximum absolute atomic E-state index is 12.6. The number of fused-ring (bicyclic) bond motifs is 1. The normalized spacial score (nSPS) is 10.6. The Morgan fingerprint density at radius 1 is 1.08 bits per heavy atom. The van der Waals surface area contributed by atoms with Crippen LogP contribution in [0.1, 0.15) is 22.8 Å². The second-order valence-electron chi connectivity index (χ2n) is 5.39. The lowest BCUT2D eigenvalue weighted by Gasteiger charge is -2.12. The van der Waals surface area contributed by atoms with Crippen molar-refractivity contribution in [3.8, 4) is 5.75 Å². The predicted octanol–water partition coefficient (Wildman–Crippen LogP) is 3.98. The van der Waals surface area contributed by atoms with E-state index < -0.39 is 0 Å². The second-order valence-corrected chi connectivity index (χ2v) is 5.39. The van der Waals surface area contributed by atoms with Crippen molar-refractivity contribution in [3.63, 3.8) is 0 Å². The molecule has 24 heavy (non-hydrogen) atoms. The van der Waals surface area contributed by atoms with E-state index in [9.17, 15) is 9.90 Å². The smallest absolute Gasteiger partial charge is 0.256 e. The van der Waals surface area contributed by atoms with Gasteiger partial charge in [-0.1, -0.05) is 36.4 Å². The van der Waals surface area contributed by atoms with E-state index in [-0.39, 0.29) is 12.5 Å². The number of rotatable bonds is 5. The zero-order valence-corrected chi connectivity index (χ0v) is 13.5. The number of hydrogen-bond donors (Lipinski definition) is 2. The molecule has 4 nitrogen and oxygen atoms in total. The van der Waals surface area contributed by atoms with Gasteiger partial charge in [0.05, 0.1) is 13.2 Å². The summed E-state index contributed by atoms with van der Waals surface area (Å²) in [7, 11) is 0. The van der Waals surface area contributed by atoms with Crippen LogP contribution in [0.4, 0.5) is 5.69 Å². The molecule has 3 rings (SSSR count). The summed E-state index contributed by atoms with van der Waals surface area (Å²) in [4.78, 5) is 12.6. The Morgan fingerprint density at radius 3 is 2.67 bits per heavy atom. The fourth-order valence-electron chi connectivity index (χ4n) is 2.70. The van der Waals surface area contributed by atoms with Crippen LogP contribution in [0.2, 0.25) is 0 Å². The Labute approximate surface area is 140 Å². The third-order valence-corrected chi connectivity index (χ3v) is 3.82. The largest absolute Gasteiger partial charge is 0.494 e. The Kier molecular flexibility index (Phi) is 4.77. The number of carbonyl (C=O) groups is 1. The van der Waals surface area contributed by atoms with Crippen molar-refractivity contribution in [1.29, 1.82) is 0 Å². The van der Waals surface area contributed by atoms with Gasteiger partial charge in [-0.25, -0.2) is 0 Å². The molecular weight excluding hydrogens is 302 g/mol. The molecule has 0 fully saturated rings. The summed E-state index contributed by atoms with van der Waals surface area (Å²) < 4.78 is 5.46. The van der Waals surface area contributed by atoms with Gasteiger partial charge < -0.3 is 15.2 Å². The quantitative estimate of drug-likeness (QED) is 0.747. The zero-order valence-electron chi connectivity index (χ0n) is 13.5. The van der Waals surface area contributed by atoms with Gasteiger partial charge in [0.2, 0.25) is 0 Å². The van der Waals surface area contributed by atoms with Gasteiger partial charge in [-0.05, 0) is 42.0 Å². The molecule has 0 unspecified atom stereocenters. The Balaban J connectivity index is 1.89. The molecule has 4 heteroatoms. The van der Waals surface area contributed by atoms with E-state index in [1.54, 1.807) is 24.3 Å². The van der Waals surface area contributed by atoms with Gasteiger partial charge in [-0.3, -0.25) is 4.79 Å². The number of anilines is 1. The lowest BCUT2D eigenvalue weighted by Crippen LogP contribution is -2.12. The van der Waals surface area contributed by atoms with E-state index in [0.717, 1.165) is 10.8 Å². The second kappa shape index (κ2) is 7.15. The first kappa shape index (κ1) is 16.0. The number of hydrogen-bond acceptors (Lipinski definition) is 3. The fourth-order valence-corrected chi connectivity index (χ4v) is 2.70. The van der Waals surface area contributed by atoms with Gasteiger partial charge in [0.25, 0.3) is 5.91 Å². The van der Waals surface area contributed by atoms with Gasteiger partial charge >= 0.3 is 0 Å². The van der Waals surface area contributed by atoms with E-state index in [1.807, 2.05) is 43.3 Å². The average molecular weight is 321 g/mol. The Hall–Kier alpha value is -2.85. The lowest BCUT2D eigenvalue weighted by atomic mass is 10.0. The summed E-state index contributed by atoms with van der Waals surface area (Å²) in [6.45, 7) is 2.26. The molecule has 2 N–H and O–H groups in total. The number of ether oxygens (including phenoxy) is 1. The molecule has 122 valence electrons. The van der Waals surface area contributed by atoms with Crippen molar-refractivity contribution in [2.75, 3.05) is 11.9 Å². The number of benzene rings is 3. The van der Waals surface area contributed by atoms with Crippen molar-refractivity contribution in [1.82, 2.24) is 0 Å². The molecule has 3 aromatic carbocycles. The standard InChI is InChI=1S/C20H19NO3/c1-2-24-19-11-10-16(12-15(19)13-22)21-20(23)18-9-5-7-14-6-3-4-8-17(14)18/h3-12,22H,2,13H2,1H3,(H,21,23). The van der Waals surface area contributed by atoms with Crippen LogP contribution in [0.25, 0.3) is 10.8 Å². The summed E-state index contributed by atoms with van der Waals surface area (Å²) in [6, 6.07) is 18.7. The van der Waals surface area contributed by atoms with E-state index in [0.29, 0.717) is 29.2 Å². The highest BCUT2D eigenvalue weighted by atomic mass is 16.5. The summed E-state index contributed by atoms with van der Waals surface area (Å²) in [5.74, 6) is 0.447. The van der Waals surface area contributed by atoms with Gasteiger partial charge in [0, 0.05) is 16.8 Å². The Morgan fingerprint density at radius 2 is 1.88 bits per heavy atom. The maximum atomic E-state index is 12.6. The monoisotopic (exact) mass is 321 g/mol. The van der Waals surface area contributed by atoms with Crippen LogP contribution in [0.5, 0.6) is 5.75 Å². The third kappa shape index (κ3) is 3.24. The third-order valence-electron chi connectivity index (χ3n) is 3.82. The molecule has 0 heterocycles. The van der Waals surface area contributed by atoms with Crippen molar-refractivity contribution >= 4 is 22.4 Å². The van der Waals surface area contributed by atoms with Crippen molar-refractivity contribution < 1.29 is 14.6 Å². The first-order valence-corrected chi connectivity index (χ1v) is 7.88. The van der Waals surface area contributed by atoms with E-state index in [4.69, 9.17) is 4.74 Å². The predicted molar refractivity (Wildman–Crippen MR) is 95.4 cm³/mol. The number of aliphatic hydroxyl groups is 1. The van der Waals surface area contributed by atoms with Crippen LogP contribution in [-0.4, -0.2) is 17.6 Å². The van der Waals surface area contributed by atoms with E-state index in [1.165, 1.54) is 0 Å². The van der Waals surface area contributed by atoms with Crippen LogP contribution in [0, 0.1) is 0 Å². The minimum atomic E-state index is -0.181. The van der Waals surface area contributed by atoms with Crippen molar-refractivity contribution in [3.05, 3.63) is 71.8 Å². The summed E-state index contributed by atoms with van der Waals surface area (Å²) in [5.41, 5.74) is 1.89.